The number of benzene rings is 2. The van der Waals surface area contributed by atoms with Gasteiger partial charge in [-0.2, -0.15) is 0 Å². The highest BCUT2D eigenvalue weighted by Crippen LogP contribution is 2.67. The highest BCUT2D eigenvalue weighted by molar-refractivity contribution is 6.11. The first-order chi connectivity index (χ1) is 26.3. The molecule has 12 unspecified atom stereocenters. The molecule has 2 spiro atoms. The van der Waals surface area contributed by atoms with Gasteiger partial charge in [0.1, 0.15) is 41.2 Å². The third-order valence-corrected chi connectivity index (χ3v) is 15.3. The second kappa shape index (κ2) is 12.5. The summed E-state index contributed by atoms with van der Waals surface area (Å²) < 4.78 is 26.3. The van der Waals surface area contributed by atoms with Crippen LogP contribution in [0.15, 0.2) is 34.9 Å². The molecule has 3 saturated heterocycles. The third-order valence-electron chi connectivity index (χ3n) is 15.3. The van der Waals surface area contributed by atoms with Crippen molar-refractivity contribution in [3.8, 4) is 17.2 Å². The number of fused-ring (bicyclic) bond motifs is 5. The van der Waals surface area contributed by atoms with Crippen LogP contribution in [0.4, 0.5) is 0 Å². The molecule has 8 aliphatic rings. The van der Waals surface area contributed by atoms with Crippen molar-refractivity contribution in [1.29, 1.82) is 0 Å². The van der Waals surface area contributed by atoms with E-state index in [4.69, 9.17) is 18.9 Å². The number of aliphatic hydroxyl groups is 3. The lowest BCUT2D eigenvalue weighted by Crippen LogP contribution is -2.71. The normalized spacial score (nSPS) is 39.8. The summed E-state index contributed by atoms with van der Waals surface area (Å²) in [7, 11) is 0. The van der Waals surface area contributed by atoms with E-state index in [1.165, 1.54) is 68.7 Å². The maximum Gasteiger partial charge on any atom is 0.335 e. The number of carboxylic acid groups (broad SMARTS) is 1. The Morgan fingerprint density at radius 1 is 0.964 bits per heavy atom. The molecule has 12 nitrogen and oxygen atoms in total. The fraction of sp³-hybridized carbons (Fsp3) is 0.628. The number of aliphatic hydroxyl groups excluding tert-OH is 3. The van der Waals surface area contributed by atoms with Crippen molar-refractivity contribution in [1.82, 2.24) is 0 Å². The number of phenolic OH excluding ortho intramolecular Hbond substituents is 2. The van der Waals surface area contributed by atoms with Crippen LogP contribution in [0.25, 0.3) is 10.8 Å². The van der Waals surface area contributed by atoms with E-state index in [1.54, 1.807) is 0 Å². The molecule has 0 radical (unpaired) electrons. The summed E-state index contributed by atoms with van der Waals surface area (Å²) in [6, 6.07) is 2.28. The number of aromatic hydroxyl groups is 2. The number of ketones is 1. The predicted molar refractivity (Wildman–Crippen MR) is 196 cm³/mol. The molecule has 4 heterocycles. The fourth-order valence-corrected chi connectivity index (χ4v) is 13.2. The molecule has 12 atom stereocenters. The molecular formula is C43H50O12. The number of hydrogen-bond donors (Lipinski definition) is 6. The number of ether oxygens (including phenoxy) is 4. The molecule has 6 N–H and O–H groups in total. The maximum atomic E-state index is 12.6. The van der Waals surface area contributed by atoms with Crippen molar-refractivity contribution in [3.05, 3.63) is 51.6 Å². The quantitative estimate of drug-likeness (QED) is 0.179. The number of hydrogen-bond acceptors (Lipinski definition) is 11. The second-order valence-corrected chi connectivity index (χ2v) is 18.0. The molecule has 10 rings (SSSR count). The van der Waals surface area contributed by atoms with E-state index in [9.17, 15) is 40.2 Å². The van der Waals surface area contributed by atoms with Gasteiger partial charge in [-0.05, 0) is 123 Å². The van der Waals surface area contributed by atoms with Gasteiger partial charge in [0.05, 0.1) is 35.3 Å². The van der Waals surface area contributed by atoms with E-state index in [1.807, 2.05) is 0 Å². The molecule has 55 heavy (non-hydrogen) atoms. The molecular weight excluding hydrogens is 708 g/mol. The Morgan fingerprint density at radius 3 is 2.49 bits per heavy atom. The van der Waals surface area contributed by atoms with Crippen molar-refractivity contribution < 1.29 is 59.2 Å². The van der Waals surface area contributed by atoms with Gasteiger partial charge in [0.2, 0.25) is 6.29 Å². The monoisotopic (exact) mass is 758 g/mol. The molecule has 2 aromatic rings. The van der Waals surface area contributed by atoms with Gasteiger partial charge < -0.3 is 49.6 Å². The van der Waals surface area contributed by atoms with E-state index in [2.05, 4.69) is 6.08 Å². The van der Waals surface area contributed by atoms with E-state index < -0.39 is 65.7 Å². The minimum Gasteiger partial charge on any atom is -0.507 e. The molecule has 4 aliphatic heterocycles. The second-order valence-electron chi connectivity index (χ2n) is 18.0. The third kappa shape index (κ3) is 5.04. The van der Waals surface area contributed by atoms with E-state index >= 15 is 0 Å². The number of allylic oxidation sites excluding steroid dienone is 2. The summed E-state index contributed by atoms with van der Waals surface area (Å²) in [5.74, 6) is -1.58. The van der Waals surface area contributed by atoms with Crippen molar-refractivity contribution in [2.24, 2.45) is 35.0 Å². The predicted octanol–water partition coefficient (Wildman–Crippen LogP) is 5.07. The van der Waals surface area contributed by atoms with Gasteiger partial charge >= 0.3 is 5.97 Å². The summed E-state index contributed by atoms with van der Waals surface area (Å²) in [6.45, 7) is 4.14. The topological polar surface area (TPSA) is 192 Å². The Bertz CT molecular complexity index is 2060. The standard InChI is InChI=1S/C43H50O12/c1-18-31(19(2)44)36(47)34-24(35(18)46)11-20(40(50)51)12-30(34)53-41-37(48)38(49)43-15-26-25-14-42(9-3-4-10-42)13-21-16-52-17-27(32(21)25)22-5-6-23(33(22)26)29(55-43)8-7-28(45)39(43)54-41/h5,11-12,21,25-29,32,37-39,41,45-49H,3-4,6-10,13-17H2,1-2H3,(H,50,51). The van der Waals surface area contributed by atoms with E-state index in [-0.39, 0.29) is 44.5 Å². The van der Waals surface area contributed by atoms with Gasteiger partial charge in [-0.3, -0.25) is 4.79 Å². The summed E-state index contributed by atoms with van der Waals surface area (Å²) in [4.78, 5) is 24.9. The van der Waals surface area contributed by atoms with Crippen molar-refractivity contribution in [2.75, 3.05) is 13.2 Å². The van der Waals surface area contributed by atoms with Crippen LogP contribution in [0.2, 0.25) is 0 Å². The lowest BCUT2D eigenvalue weighted by Gasteiger charge is -2.59. The number of carbonyl (C=O) groups is 2. The van der Waals surface area contributed by atoms with Crippen LogP contribution in [0.3, 0.4) is 0 Å². The molecule has 2 bridgehead atoms. The van der Waals surface area contributed by atoms with Crippen LogP contribution in [-0.4, -0.2) is 98.0 Å². The van der Waals surface area contributed by atoms with Gasteiger partial charge in [0.25, 0.3) is 0 Å². The molecule has 0 aromatic heterocycles. The molecule has 4 aliphatic carbocycles. The number of carbonyl (C=O) groups excluding carboxylic acids is 1. The van der Waals surface area contributed by atoms with Crippen LogP contribution in [0, 0.1) is 41.9 Å². The molecule has 6 fully saturated rings. The Labute approximate surface area is 318 Å². The van der Waals surface area contributed by atoms with Crippen molar-refractivity contribution in [2.45, 2.75) is 120 Å². The Balaban J connectivity index is 1.06. The Morgan fingerprint density at radius 2 is 1.75 bits per heavy atom. The summed E-state index contributed by atoms with van der Waals surface area (Å²) in [5, 5.41) is 68.7. The van der Waals surface area contributed by atoms with Gasteiger partial charge in [0.15, 0.2) is 5.78 Å². The van der Waals surface area contributed by atoms with Crippen LogP contribution >= 0.6 is 0 Å². The van der Waals surface area contributed by atoms with E-state index in [0.29, 0.717) is 49.5 Å². The van der Waals surface area contributed by atoms with Crippen molar-refractivity contribution in [3.63, 3.8) is 0 Å². The molecule has 3 saturated carbocycles. The highest BCUT2D eigenvalue weighted by Gasteiger charge is 2.66. The van der Waals surface area contributed by atoms with E-state index in [0.717, 1.165) is 25.5 Å². The number of phenols is 2. The number of Topliss-reactive ketones (excluding diaryl/α,β-unsaturated/α-hetero) is 1. The fourth-order valence-electron chi connectivity index (χ4n) is 13.2. The Hall–Kier alpha value is -3.52. The largest absolute Gasteiger partial charge is 0.507 e. The number of carboxylic acids is 1. The summed E-state index contributed by atoms with van der Waals surface area (Å²) in [5.41, 5.74) is 2.27. The molecule has 294 valence electrons. The first-order valence-electron chi connectivity index (χ1n) is 20.1. The molecule has 12 heteroatoms. The van der Waals surface area contributed by atoms with Gasteiger partial charge in [0, 0.05) is 23.5 Å². The molecule has 0 amide bonds. The minimum absolute atomic E-state index is 0.0217. The van der Waals surface area contributed by atoms with Crippen LogP contribution in [0.1, 0.15) is 97.4 Å². The first kappa shape index (κ1) is 35.9. The first-order valence-corrected chi connectivity index (χ1v) is 20.1. The summed E-state index contributed by atoms with van der Waals surface area (Å²) >= 11 is 0. The van der Waals surface area contributed by atoms with Crippen LogP contribution in [0.5, 0.6) is 17.2 Å². The lowest BCUT2D eigenvalue weighted by atomic mass is 9.48. The zero-order valence-electron chi connectivity index (χ0n) is 31.2. The number of rotatable bonds is 4. The van der Waals surface area contributed by atoms with Crippen LogP contribution in [-0.2, 0) is 14.2 Å². The average Bonchev–Trinajstić information content (AvgIpc) is 3.74. The minimum atomic E-state index is -1.73. The van der Waals surface area contributed by atoms with Crippen molar-refractivity contribution >= 4 is 22.5 Å². The van der Waals surface area contributed by atoms with Crippen LogP contribution < -0.4 is 4.74 Å². The molecule has 2 aromatic carbocycles. The van der Waals surface area contributed by atoms with Gasteiger partial charge in [-0.15, -0.1) is 0 Å². The lowest BCUT2D eigenvalue weighted by molar-refractivity contribution is -0.336. The van der Waals surface area contributed by atoms with Gasteiger partial charge in [-0.25, -0.2) is 4.79 Å². The smallest absolute Gasteiger partial charge is 0.335 e. The zero-order valence-corrected chi connectivity index (χ0v) is 31.2. The summed E-state index contributed by atoms with van der Waals surface area (Å²) in [6.07, 6.45) is 3.85. The highest BCUT2D eigenvalue weighted by atomic mass is 16.7. The average molecular weight is 759 g/mol. The number of aromatic carboxylic acids is 1. The Kier molecular flexibility index (Phi) is 8.14. The zero-order chi connectivity index (χ0) is 38.3. The van der Waals surface area contributed by atoms with Gasteiger partial charge in [-0.1, -0.05) is 18.9 Å². The SMILES string of the molecule is CC(=O)c1c(C)c(O)c2cc(C(=O)O)cc(OC3OC4C(O)CCC5OC4(CC4C6=C5CC=C6C5COCC6CC7(CCCC7)CC4C65)C(O)C3O)c2c1O. The maximum absolute atomic E-state index is 12.6.